The van der Waals surface area contributed by atoms with E-state index in [2.05, 4.69) is 5.32 Å². The third kappa shape index (κ3) is 5.16. The van der Waals surface area contributed by atoms with Gasteiger partial charge < -0.3 is 5.32 Å². The van der Waals surface area contributed by atoms with Crippen LogP contribution >= 0.6 is 0 Å². The number of benzene rings is 4. The van der Waals surface area contributed by atoms with Gasteiger partial charge in [0.05, 0.1) is 16.8 Å². The van der Waals surface area contributed by atoms with Crippen LogP contribution in [0.3, 0.4) is 0 Å². The highest BCUT2D eigenvalue weighted by Gasteiger charge is 2.25. The van der Waals surface area contributed by atoms with Crippen molar-refractivity contribution < 1.29 is 9.59 Å². The zero-order valence-corrected chi connectivity index (χ0v) is 20.0. The highest BCUT2D eigenvalue weighted by Crippen LogP contribution is 2.27. The average molecular weight is 485 g/mol. The maximum Gasteiger partial charge on any atom is 0.266 e. The number of carbonyl (C=O) groups excluding carboxylic acids is 2. The molecule has 0 aliphatic carbocycles. The van der Waals surface area contributed by atoms with Crippen molar-refractivity contribution in [2.24, 2.45) is 0 Å². The molecule has 1 amide bonds. The van der Waals surface area contributed by atoms with Crippen molar-refractivity contribution in [1.82, 2.24) is 4.57 Å². The van der Waals surface area contributed by atoms with Crippen LogP contribution in [0.25, 0.3) is 16.9 Å². The number of para-hydroxylation sites is 2. The number of rotatable bonds is 7. The molecule has 180 valence electrons. The number of amides is 1. The van der Waals surface area contributed by atoms with E-state index >= 15 is 0 Å². The van der Waals surface area contributed by atoms with Crippen LogP contribution in [0, 0.1) is 0 Å². The second kappa shape index (κ2) is 10.7. The monoisotopic (exact) mass is 484 g/mol. The molecule has 0 fully saturated rings. The Hall–Kier alpha value is -5.03. The minimum absolute atomic E-state index is 0.0365. The molecule has 5 rings (SSSR count). The van der Waals surface area contributed by atoms with Crippen molar-refractivity contribution in [3.8, 4) is 16.9 Å². The molecule has 0 aliphatic rings. The van der Waals surface area contributed by atoms with Gasteiger partial charge in [0, 0.05) is 17.8 Å². The lowest BCUT2D eigenvalue weighted by Gasteiger charge is -2.19. The van der Waals surface area contributed by atoms with Gasteiger partial charge in [-0.25, -0.2) is 0 Å². The Morgan fingerprint density at radius 1 is 0.649 bits per heavy atom. The van der Waals surface area contributed by atoms with Crippen molar-refractivity contribution in [3.05, 3.63) is 154 Å². The van der Waals surface area contributed by atoms with Crippen molar-refractivity contribution in [2.75, 3.05) is 5.32 Å². The average Bonchev–Trinajstić information content (AvgIpc) is 2.94. The first-order chi connectivity index (χ1) is 18.1. The van der Waals surface area contributed by atoms with E-state index in [9.17, 15) is 14.4 Å². The van der Waals surface area contributed by atoms with Crippen LogP contribution in [-0.2, 0) is 6.42 Å². The van der Waals surface area contributed by atoms with Crippen molar-refractivity contribution >= 4 is 17.4 Å². The van der Waals surface area contributed by atoms with Crippen molar-refractivity contribution in [2.45, 2.75) is 6.42 Å². The summed E-state index contributed by atoms with van der Waals surface area (Å²) < 4.78 is 1.47. The van der Waals surface area contributed by atoms with E-state index in [1.165, 1.54) is 10.6 Å². The van der Waals surface area contributed by atoms with Gasteiger partial charge in [-0.05, 0) is 41.5 Å². The second-order valence-corrected chi connectivity index (χ2v) is 8.57. The first-order valence-electron chi connectivity index (χ1n) is 12.0. The number of hydrogen-bond donors (Lipinski definition) is 1. The third-order valence-electron chi connectivity index (χ3n) is 6.05. The van der Waals surface area contributed by atoms with E-state index < -0.39 is 11.5 Å². The van der Waals surface area contributed by atoms with Crippen LogP contribution in [0.1, 0.15) is 26.3 Å². The van der Waals surface area contributed by atoms with Crippen LogP contribution < -0.4 is 10.9 Å². The Bertz CT molecular complexity index is 1590. The van der Waals surface area contributed by atoms with Gasteiger partial charge >= 0.3 is 0 Å². The molecule has 0 aliphatic heterocycles. The normalized spacial score (nSPS) is 10.6. The molecule has 1 aromatic heterocycles. The lowest BCUT2D eigenvalue weighted by atomic mass is 9.98. The molecule has 5 aromatic rings. The Morgan fingerprint density at radius 2 is 1.19 bits per heavy atom. The quantitative estimate of drug-likeness (QED) is 0.280. The minimum atomic E-state index is -0.470. The molecule has 0 bridgehead atoms. The Labute approximate surface area is 214 Å². The number of nitrogens with one attached hydrogen (secondary N) is 1. The Balaban J connectivity index is 1.75. The molecule has 1 N–H and O–H groups in total. The molecule has 37 heavy (non-hydrogen) atoms. The highest BCUT2D eigenvalue weighted by molar-refractivity contribution is 6.10. The molecule has 4 aromatic carbocycles. The summed E-state index contributed by atoms with van der Waals surface area (Å²) in [5.74, 6) is -0.766. The van der Waals surface area contributed by atoms with Crippen molar-refractivity contribution in [1.29, 1.82) is 0 Å². The first-order valence-corrected chi connectivity index (χ1v) is 12.0. The zero-order chi connectivity index (χ0) is 25.6. The molecule has 0 saturated heterocycles. The summed E-state index contributed by atoms with van der Waals surface area (Å²) in [6.07, 6.45) is 0.0509. The fourth-order valence-corrected chi connectivity index (χ4v) is 4.29. The van der Waals surface area contributed by atoms with Crippen LogP contribution in [-0.4, -0.2) is 16.3 Å². The number of pyridine rings is 1. The standard InChI is InChI=1S/C32H24N2O3/c35-29(21-23-13-5-1-6-14-23)27-22-28(31(36)33-25-17-9-3-10-18-25)30(24-15-7-2-8-16-24)34(32(27)37)26-19-11-4-12-20-26/h1-20,22H,21H2,(H,33,36). The maximum atomic E-state index is 13.9. The van der Waals surface area contributed by atoms with Gasteiger partial charge in [-0.1, -0.05) is 97.1 Å². The molecular formula is C32H24N2O3. The van der Waals surface area contributed by atoms with Gasteiger partial charge in [-0.2, -0.15) is 0 Å². The molecule has 5 nitrogen and oxygen atoms in total. The van der Waals surface area contributed by atoms with E-state index in [-0.39, 0.29) is 23.3 Å². The number of hydrogen-bond acceptors (Lipinski definition) is 3. The minimum Gasteiger partial charge on any atom is -0.322 e. The van der Waals surface area contributed by atoms with Crippen LogP contribution in [0.2, 0.25) is 0 Å². The fraction of sp³-hybridized carbons (Fsp3) is 0.0312. The summed E-state index contributed by atoms with van der Waals surface area (Å²) >= 11 is 0. The van der Waals surface area contributed by atoms with Gasteiger partial charge in [0.25, 0.3) is 11.5 Å². The maximum absolute atomic E-state index is 13.9. The molecule has 0 atom stereocenters. The summed E-state index contributed by atoms with van der Waals surface area (Å²) in [5, 5.41) is 2.92. The molecular weight excluding hydrogens is 460 g/mol. The van der Waals surface area contributed by atoms with Gasteiger partial charge in [-0.15, -0.1) is 0 Å². The summed E-state index contributed by atoms with van der Waals surface area (Å²) in [6.45, 7) is 0. The Kier molecular flexibility index (Phi) is 6.86. The number of ketones is 1. The second-order valence-electron chi connectivity index (χ2n) is 8.57. The van der Waals surface area contributed by atoms with Gasteiger partial charge in [0.1, 0.15) is 0 Å². The van der Waals surface area contributed by atoms with E-state index in [1.807, 2.05) is 97.1 Å². The number of anilines is 1. The molecule has 5 heteroatoms. The molecule has 0 radical (unpaired) electrons. The number of aromatic nitrogens is 1. The summed E-state index contributed by atoms with van der Waals surface area (Å²) in [7, 11) is 0. The van der Waals surface area contributed by atoms with Crippen LogP contribution in [0.4, 0.5) is 5.69 Å². The van der Waals surface area contributed by atoms with E-state index in [0.717, 1.165) is 5.56 Å². The molecule has 0 spiro atoms. The van der Waals surface area contributed by atoms with Crippen LogP contribution in [0.5, 0.6) is 0 Å². The van der Waals surface area contributed by atoms with Gasteiger partial charge in [0.15, 0.2) is 5.78 Å². The third-order valence-corrected chi connectivity index (χ3v) is 6.05. The smallest absolute Gasteiger partial charge is 0.266 e. The van der Waals surface area contributed by atoms with Crippen LogP contribution in [0.15, 0.2) is 132 Å². The topological polar surface area (TPSA) is 68.2 Å². The number of Topliss-reactive ketones (excluding diaryl/α,β-unsaturated/α-hetero) is 1. The van der Waals surface area contributed by atoms with Gasteiger partial charge in [-0.3, -0.25) is 19.0 Å². The zero-order valence-electron chi connectivity index (χ0n) is 20.0. The predicted octanol–water partition coefficient (Wildman–Crippen LogP) is 6.18. The number of nitrogens with zero attached hydrogens (tertiary/aromatic N) is 1. The largest absolute Gasteiger partial charge is 0.322 e. The highest BCUT2D eigenvalue weighted by atomic mass is 16.2. The lowest BCUT2D eigenvalue weighted by Crippen LogP contribution is -2.30. The first kappa shape index (κ1) is 23.7. The lowest BCUT2D eigenvalue weighted by molar-refractivity contribution is 0.0991. The van der Waals surface area contributed by atoms with Gasteiger partial charge in [0.2, 0.25) is 0 Å². The summed E-state index contributed by atoms with van der Waals surface area (Å²) in [5.41, 5.74) is 2.80. The molecule has 0 unspecified atom stereocenters. The number of carbonyl (C=O) groups is 2. The van der Waals surface area contributed by atoms with Crippen molar-refractivity contribution in [3.63, 3.8) is 0 Å². The van der Waals surface area contributed by atoms with E-state index in [0.29, 0.717) is 22.6 Å². The Morgan fingerprint density at radius 3 is 1.81 bits per heavy atom. The summed E-state index contributed by atoms with van der Waals surface area (Å²) in [4.78, 5) is 41.1. The molecule has 0 saturated carbocycles. The van der Waals surface area contributed by atoms with E-state index in [4.69, 9.17) is 0 Å². The summed E-state index contributed by atoms with van der Waals surface area (Å²) in [6, 6.07) is 38.1. The van der Waals surface area contributed by atoms with E-state index in [1.54, 1.807) is 24.3 Å². The molecule has 1 heterocycles. The predicted molar refractivity (Wildman–Crippen MR) is 146 cm³/mol. The fourth-order valence-electron chi connectivity index (χ4n) is 4.29. The SMILES string of the molecule is O=C(Nc1ccccc1)c1cc(C(=O)Cc2ccccc2)c(=O)n(-c2ccccc2)c1-c1ccccc1.